The SMILES string of the molecule is O=C(Nc1ccc(-c2ccccc2)cc1)N1CCC(NC(=O)C(F)(F)F)C1. The predicted octanol–water partition coefficient (Wildman–Crippen LogP) is 3.64. The molecule has 2 aromatic rings. The fourth-order valence-electron chi connectivity index (χ4n) is 2.91. The Balaban J connectivity index is 1.54. The second-order valence-electron chi connectivity index (χ2n) is 6.28. The maximum Gasteiger partial charge on any atom is 0.471 e. The zero-order valence-electron chi connectivity index (χ0n) is 14.3. The maximum absolute atomic E-state index is 12.3. The number of carbonyl (C=O) groups is 2. The van der Waals surface area contributed by atoms with Crippen LogP contribution in [-0.2, 0) is 4.79 Å². The molecule has 1 unspecified atom stereocenters. The molecule has 1 heterocycles. The second kappa shape index (κ2) is 7.69. The van der Waals surface area contributed by atoms with Gasteiger partial charge in [0.05, 0.1) is 0 Å². The summed E-state index contributed by atoms with van der Waals surface area (Å²) < 4.78 is 36.9. The number of urea groups is 1. The fraction of sp³-hybridized carbons (Fsp3) is 0.263. The van der Waals surface area contributed by atoms with Crippen LogP contribution < -0.4 is 10.6 Å². The molecule has 2 aromatic carbocycles. The number of anilines is 1. The molecular formula is C19H18F3N3O2. The van der Waals surface area contributed by atoms with Crippen LogP contribution in [0.5, 0.6) is 0 Å². The van der Waals surface area contributed by atoms with Crippen LogP contribution in [0, 0.1) is 0 Å². The number of alkyl halides is 3. The molecule has 1 aliphatic heterocycles. The number of hydrogen-bond donors (Lipinski definition) is 2. The Kier molecular flexibility index (Phi) is 5.34. The molecule has 8 heteroatoms. The van der Waals surface area contributed by atoms with E-state index in [1.165, 1.54) is 4.90 Å². The number of likely N-dealkylation sites (tertiary alicyclic amines) is 1. The van der Waals surface area contributed by atoms with Crippen LogP contribution in [0.15, 0.2) is 54.6 Å². The minimum Gasteiger partial charge on any atom is -0.344 e. The van der Waals surface area contributed by atoms with Gasteiger partial charge in [0.1, 0.15) is 0 Å². The normalized spacial score (nSPS) is 16.9. The van der Waals surface area contributed by atoms with Crippen LogP contribution in [0.3, 0.4) is 0 Å². The number of hydrogen-bond acceptors (Lipinski definition) is 2. The molecule has 3 amide bonds. The molecule has 0 aromatic heterocycles. The van der Waals surface area contributed by atoms with Gasteiger partial charge in [-0.1, -0.05) is 42.5 Å². The number of amides is 3. The Morgan fingerprint density at radius 2 is 1.59 bits per heavy atom. The average molecular weight is 377 g/mol. The van der Waals surface area contributed by atoms with E-state index in [2.05, 4.69) is 5.32 Å². The minimum atomic E-state index is -4.92. The minimum absolute atomic E-state index is 0.0375. The summed E-state index contributed by atoms with van der Waals surface area (Å²) in [5.74, 6) is -1.98. The molecule has 0 bridgehead atoms. The van der Waals surface area contributed by atoms with Gasteiger partial charge in [-0.05, 0) is 29.7 Å². The first-order valence-electron chi connectivity index (χ1n) is 8.42. The third-order valence-corrected chi connectivity index (χ3v) is 4.31. The third kappa shape index (κ3) is 4.78. The van der Waals surface area contributed by atoms with Gasteiger partial charge in [0.2, 0.25) is 0 Å². The quantitative estimate of drug-likeness (QED) is 0.858. The number of halogens is 3. The highest BCUT2D eigenvalue weighted by Gasteiger charge is 2.41. The standard InChI is InChI=1S/C19H18F3N3O2/c20-19(21,22)17(26)23-16-10-11-25(12-16)18(27)24-15-8-6-14(7-9-15)13-4-2-1-3-5-13/h1-9,16H,10-12H2,(H,23,26)(H,24,27). The van der Waals surface area contributed by atoms with Crippen molar-refractivity contribution in [1.29, 1.82) is 0 Å². The van der Waals surface area contributed by atoms with Crippen molar-refractivity contribution in [3.05, 3.63) is 54.6 Å². The molecule has 1 saturated heterocycles. The molecule has 1 fully saturated rings. The lowest BCUT2D eigenvalue weighted by molar-refractivity contribution is -0.174. The van der Waals surface area contributed by atoms with Crippen molar-refractivity contribution in [2.75, 3.05) is 18.4 Å². The number of nitrogens with zero attached hydrogens (tertiary/aromatic N) is 1. The molecule has 2 N–H and O–H groups in total. The van der Waals surface area contributed by atoms with E-state index in [-0.39, 0.29) is 19.5 Å². The molecule has 5 nitrogen and oxygen atoms in total. The van der Waals surface area contributed by atoms with Crippen LogP contribution in [0.2, 0.25) is 0 Å². The first-order chi connectivity index (χ1) is 12.8. The van der Waals surface area contributed by atoms with Gasteiger partial charge in [-0.2, -0.15) is 13.2 Å². The van der Waals surface area contributed by atoms with E-state index in [9.17, 15) is 22.8 Å². The van der Waals surface area contributed by atoms with E-state index >= 15 is 0 Å². The van der Waals surface area contributed by atoms with Gasteiger partial charge >= 0.3 is 18.1 Å². The van der Waals surface area contributed by atoms with Crippen LogP contribution in [0.25, 0.3) is 11.1 Å². The topological polar surface area (TPSA) is 61.4 Å². The summed E-state index contributed by atoms with van der Waals surface area (Å²) in [7, 11) is 0. The van der Waals surface area contributed by atoms with E-state index < -0.39 is 24.2 Å². The molecule has 0 saturated carbocycles. The summed E-state index contributed by atoms with van der Waals surface area (Å²) in [6, 6.07) is 15.9. The van der Waals surface area contributed by atoms with E-state index in [1.54, 1.807) is 12.1 Å². The molecular weight excluding hydrogens is 359 g/mol. The average Bonchev–Trinajstić information content (AvgIpc) is 3.11. The summed E-state index contributed by atoms with van der Waals surface area (Å²) in [5.41, 5.74) is 2.64. The molecule has 0 radical (unpaired) electrons. The molecule has 27 heavy (non-hydrogen) atoms. The number of nitrogens with one attached hydrogen (secondary N) is 2. The first kappa shape index (κ1) is 18.8. The van der Waals surface area contributed by atoms with Crippen LogP contribution >= 0.6 is 0 Å². The Bertz CT molecular complexity index is 807. The largest absolute Gasteiger partial charge is 0.471 e. The molecule has 3 rings (SSSR count). The van der Waals surface area contributed by atoms with Crippen molar-refractivity contribution in [3.63, 3.8) is 0 Å². The number of carbonyl (C=O) groups excluding carboxylic acids is 2. The van der Waals surface area contributed by atoms with Gasteiger partial charge in [-0.15, -0.1) is 0 Å². The smallest absolute Gasteiger partial charge is 0.344 e. The molecule has 1 aliphatic rings. The van der Waals surface area contributed by atoms with Crippen molar-refractivity contribution in [2.24, 2.45) is 0 Å². The fourth-order valence-corrected chi connectivity index (χ4v) is 2.91. The zero-order valence-corrected chi connectivity index (χ0v) is 14.3. The number of benzene rings is 2. The highest BCUT2D eigenvalue weighted by atomic mass is 19.4. The van der Waals surface area contributed by atoms with E-state index in [0.29, 0.717) is 5.69 Å². The summed E-state index contributed by atoms with van der Waals surface area (Å²) in [5, 5.41) is 4.63. The van der Waals surface area contributed by atoms with Gasteiger partial charge in [0.15, 0.2) is 0 Å². The predicted molar refractivity (Wildman–Crippen MR) is 95.1 cm³/mol. The lowest BCUT2D eigenvalue weighted by Crippen LogP contribution is -2.45. The van der Waals surface area contributed by atoms with Crippen LogP contribution in [-0.4, -0.2) is 42.1 Å². The summed E-state index contributed by atoms with van der Waals surface area (Å²) in [6.45, 7) is 0.312. The highest BCUT2D eigenvalue weighted by Crippen LogP contribution is 2.22. The summed E-state index contributed by atoms with van der Waals surface area (Å²) >= 11 is 0. The lowest BCUT2D eigenvalue weighted by atomic mass is 10.1. The monoisotopic (exact) mass is 377 g/mol. The molecule has 1 atom stereocenters. The second-order valence-corrected chi connectivity index (χ2v) is 6.28. The number of rotatable bonds is 3. The first-order valence-corrected chi connectivity index (χ1v) is 8.42. The third-order valence-electron chi connectivity index (χ3n) is 4.31. The van der Waals surface area contributed by atoms with Crippen LogP contribution in [0.4, 0.5) is 23.7 Å². The van der Waals surface area contributed by atoms with E-state index in [1.807, 2.05) is 47.8 Å². The van der Waals surface area contributed by atoms with Gasteiger partial charge in [0, 0.05) is 24.8 Å². The lowest BCUT2D eigenvalue weighted by Gasteiger charge is -2.18. The summed E-state index contributed by atoms with van der Waals surface area (Å²) in [4.78, 5) is 24.6. The van der Waals surface area contributed by atoms with E-state index in [4.69, 9.17) is 0 Å². The Hall–Kier alpha value is -3.03. The Morgan fingerprint density at radius 3 is 2.22 bits per heavy atom. The zero-order chi connectivity index (χ0) is 19.4. The van der Waals surface area contributed by atoms with Gasteiger partial charge < -0.3 is 15.5 Å². The molecule has 0 spiro atoms. The van der Waals surface area contributed by atoms with Crippen molar-refractivity contribution >= 4 is 17.6 Å². The maximum atomic E-state index is 12.3. The van der Waals surface area contributed by atoms with Crippen molar-refractivity contribution < 1.29 is 22.8 Å². The van der Waals surface area contributed by atoms with Gasteiger partial charge in [-0.3, -0.25) is 4.79 Å². The van der Waals surface area contributed by atoms with E-state index in [0.717, 1.165) is 11.1 Å². The Morgan fingerprint density at radius 1 is 0.963 bits per heavy atom. The van der Waals surface area contributed by atoms with Crippen molar-refractivity contribution in [2.45, 2.75) is 18.6 Å². The molecule has 142 valence electrons. The van der Waals surface area contributed by atoms with Crippen LogP contribution in [0.1, 0.15) is 6.42 Å². The van der Waals surface area contributed by atoms with Crippen molar-refractivity contribution in [3.8, 4) is 11.1 Å². The highest BCUT2D eigenvalue weighted by molar-refractivity contribution is 5.90. The molecule has 0 aliphatic carbocycles. The van der Waals surface area contributed by atoms with Crippen molar-refractivity contribution in [1.82, 2.24) is 10.2 Å². The van der Waals surface area contributed by atoms with Gasteiger partial charge in [0.25, 0.3) is 0 Å². The summed E-state index contributed by atoms with van der Waals surface area (Å²) in [6.07, 6.45) is -4.64. The van der Waals surface area contributed by atoms with Gasteiger partial charge in [-0.25, -0.2) is 4.79 Å². The Labute approximate surface area is 154 Å².